The Hall–Kier alpha value is -1.49. The van der Waals surface area contributed by atoms with E-state index in [-0.39, 0.29) is 24.4 Å². The fraction of sp³-hybridized carbons (Fsp3) is 0.417. The minimum absolute atomic E-state index is 0.0317. The van der Waals surface area contributed by atoms with E-state index in [1.54, 1.807) is 0 Å². The summed E-state index contributed by atoms with van der Waals surface area (Å²) in [5.74, 6) is -2.96. The molecule has 0 radical (unpaired) electrons. The van der Waals surface area contributed by atoms with Gasteiger partial charge in [-0.1, -0.05) is 12.1 Å². The van der Waals surface area contributed by atoms with E-state index in [4.69, 9.17) is 10.8 Å². The van der Waals surface area contributed by atoms with E-state index in [1.165, 1.54) is 12.1 Å². The Morgan fingerprint density at radius 1 is 1.53 bits per heavy atom. The van der Waals surface area contributed by atoms with Gasteiger partial charge >= 0.3 is 5.97 Å². The molecule has 1 aromatic rings. The van der Waals surface area contributed by atoms with E-state index in [0.29, 0.717) is 6.42 Å². The van der Waals surface area contributed by atoms with E-state index >= 15 is 0 Å². The summed E-state index contributed by atoms with van der Waals surface area (Å²) in [7, 11) is 0. The number of hydrogen-bond acceptors (Lipinski definition) is 2. The summed E-state index contributed by atoms with van der Waals surface area (Å²) in [6.07, 6.45) is 0.641. The molecule has 2 unspecified atom stereocenters. The van der Waals surface area contributed by atoms with Crippen molar-refractivity contribution in [1.82, 2.24) is 0 Å². The molecule has 0 bridgehead atoms. The monoisotopic (exact) mass is 241 g/mol. The average Bonchev–Trinajstić information content (AvgIpc) is 3.00. The van der Waals surface area contributed by atoms with Crippen LogP contribution in [0.3, 0.4) is 0 Å². The Kier molecular flexibility index (Phi) is 2.87. The van der Waals surface area contributed by atoms with E-state index in [1.807, 2.05) is 0 Å². The standard InChI is InChI=1S/C12H13F2NO2/c13-9-3-1-2-7(10(9)14)4-8-5-12(8,6-15)11(16)17/h1-3,8H,4-6,15H2,(H,16,17). The van der Waals surface area contributed by atoms with Crippen LogP contribution >= 0.6 is 0 Å². The zero-order chi connectivity index (χ0) is 12.6. The summed E-state index contributed by atoms with van der Waals surface area (Å²) >= 11 is 0. The molecule has 92 valence electrons. The van der Waals surface area contributed by atoms with Gasteiger partial charge < -0.3 is 10.8 Å². The first-order valence-corrected chi connectivity index (χ1v) is 5.37. The van der Waals surface area contributed by atoms with Gasteiger partial charge in [-0.2, -0.15) is 0 Å². The molecule has 3 nitrogen and oxygen atoms in total. The molecule has 1 saturated carbocycles. The van der Waals surface area contributed by atoms with Gasteiger partial charge in [0.2, 0.25) is 0 Å². The molecular formula is C12H13F2NO2. The van der Waals surface area contributed by atoms with Gasteiger partial charge in [0.1, 0.15) is 0 Å². The molecule has 0 spiro atoms. The van der Waals surface area contributed by atoms with Gasteiger partial charge in [-0.3, -0.25) is 4.79 Å². The lowest BCUT2D eigenvalue weighted by Crippen LogP contribution is -2.27. The van der Waals surface area contributed by atoms with Crippen LogP contribution in [0.2, 0.25) is 0 Å². The van der Waals surface area contributed by atoms with Gasteiger partial charge in [0.25, 0.3) is 0 Å². The number of aliphatic carboxylic acids is 1. The van der Waals surface area contributed by atoms with Gasteiger partial charge in [-0.05, 0) is 30.4 Å². The number of halogens is 2. The maximum absolute atomic E-state index is 13.4. The Bertz CT molecular complexity index is 464. The highest BCUT2D eigenvalue weighted by Crippen LogP contribution is 2.53. The SMILES string of the molecule is NCC1(C(=O)O)CC1Cc1cccc(F)c1F. The lowest BCUT2D eigenvalue weighted by molar-refractivity contribution is -0.143. The lowest BCUT2D eigenvalue weighted by atomic mass is 9.99. The van der Waals surface area contributed by atoms with Crippen LogP contribution in [-0.2, 0) is 11.2 Å². The zero-order valence-electron chi connectivity index (χ0n) is 9.12. The highest BCUT2D eigenvalue weighted by molar-refractivity contribution is 5.79. The summed E-state index contributed by atoms with van der Waals surface area (Å²) in [5.41, 5.74) is 4.70. The van der Waals surface area contributed by atoms with Gasteiger partial charge in [-0.25, -0.2) is 8.78 Å². The van der Waals surface area contributed by atoms with E-state index in [9.17, 15) is 13.6 Å². The van der Waals surface area contributed by atoms with Gasteiger partial charge in [0, 0.05) is 6.54 Å². The van der Waals surface area contributed by atoms with Crippen LogP contribution in [0.4, 0.5) is 8.78 Å². The average molecular weight is 241 g/mol. The predicted molar refractivity (Wildman–Crippen MR) is 57.3 cm³/mol. The Labute approximate surface area is 97.2 Å². The molecule has 17 heavy (non-hydrogen) atoms. The third-order valence-corrected chi connectivity index (χ3v) is 3.52. The van der Waals surface area contributed by atoms with Crippen LogP contribution in [0, 0.1) is 23.0 Å². The first-order chi connectivity index (χ1) is 8.01. The van der Waals surface area contributed by atoms with Crippen molar-refractivity contribution in [1.29, 1.82) is 0 Å². The second-order valence-corrected chi connectivity index (χ2v) is 4.48. The predicted octanol–water partition coefficient (Wildman–Crippen LogP) is 1.56. The van der Waals surface area contributed by atoms with Crippen LogP contribution < -0.4 is 5.73 Å². The van der Waals surface area contributed by atoms with Crippen molar-refractivity contribution in [3.63, 3.8) is 0 Å². The van der Waals surface area contributed by atoms with Crippen molar-refractivity contribution in [2.24, 2.45) is 17.1 Å². The van der Waals surface area contributed by atoms with E-state index in [2.05, 4.69) is 0 Å². The molecule has 1 aromatic carbocycles. The molecule has 0 heterocycles. The van der Waals surface area contributed by atoms with Crippen LogP contribution in [0.1, 0.15) is 12.0 Å². The highest BCUT2D eigenvalue weighted by atomic mass is 19.2. The van der Waals surface area contributed by atoms with Crippen molar-refractivity contribution in [3.8, 4) is 0 Å². The van der Waals surface area contributed by atoms with Gasteiger partial charge in [0.05, 0.1) is 5.41 Å². The summed E-state index contributed by atoms with van der Waals surface area (Å²) in [5, 5.41) is 9.03. The maximum atomic E-state index is 13.4. The molecule has 0 aliphatic heterocycles. The summed E-state index contributed by atoms with van der Waals surface area (Å²) in [6, 6.07) is 3.93. The number of carbonyl (C=O) groups is 1. The third-order valence-electron chi connectivity index (χ3n) is 3.52. The highest BCUT2D eigenvalue weighted by Gasteiger charge is 2.59. The molecule has 0 amide bonds. The second kappa shape index (κ2) is 4.07. The van der Waals surface area contributed by atoms with Gasteiger partial charge in [-0.15, -0.1) is 0 Å². The largest absolute Gasteiger partial charge is 0.481 e. The molecule has 2 rings (SSSR count). The van der Waals surface area contributed by atoms with Crippen LogP contribution in [-0.4, -0.2) is 17.6 Å². The topological polar surface area (TPSA) is 63.3 Å². The van der Waals surface area contributed by atoms with Crippen molar-refractivity contribution in [3.05, 3.63) is 35.4 Å². The molecule has 0 saturated heterocycles. The number of carboxylic acid groups (broad SMARTS) is 1. The normalized spacial score (nSPS) is 26.9. The number of nitrogens with two attached hydrogens (primary N) is 1. The fourth-order valence-electron chi connectivity index (χ4n) is 2.22. The molecule has 1 aliphatic rings. The summed E-state index contributed by atoms with van der Waals surface area (Å²) in [4.78, 5) is 11.0. The maximum Gasteiger partial charge on any atom is 0.311 e. The van der Waals surface area contributed by atoms with Crippen molar-refractivity contribution < 1.29 is 18.7 Å². The molecule has 5 heteroatoms. The number of hydrogen-bond donors (Lipinski definition) is 2. The van der Waals surface area contributed by atoms with E-state index < -0.39 is 23.0 Å². The first-order valence-electron chi connectivity index (χ1n) is 5.37. The summed E-state index contributed by atoms with van der Waals surface area (Å²) in [6.45, 7) is 0.0317. The number of carboxylic acids is 1. The molecule has 3 N–H and O–H groups in total. The Morgan fingerprint density at radius 2 is 2.24 bits per heavy atom. The van der Waals surface area contributed by atoms with Crippen molar-refractivity contribution in [2.75, 3.05) is 6.54 Å². The fourth-order valence-corrected chi connectivity index (χ4v) is 2.22. The quantitative estimate of drug-likeness (QED) is 0.840. The molecule has 1 aliphatic carbocycles. The van der Waals surface area contributed by atoms with Crippen molar-refractivity contribution in [2.45, 2.75) is 12.8 Å². The molecule has 1 fully saturated rings. The van der Waals surface area contributed by atoms with E-state index in [0.717, 1.165) is 6.07 Å². The number of benzene rings is 1. The Balaban J connectivity index is 2.14. The third kappa shape index (κ3) is 1.91. The van der Waals surface area contributed by atoms with Crippen LogP contribution in [0.25, 0.3) is 0 Å². The molecular weight excluding hydrogens is 228 g/mol. The zero-order valence-corrected chi connectivity index (χ0v) is 9.12. The second-order valence-electron chi connectivity index (χ2n) is 4.48. The Morgan fingerprint density at radius 3 is 2.76 bits per heavy atom. The smallest absolute Gasteiger partial charge is 0.311 e. The van der Waals surface area contributed by atoms with Crippen LogP contribution in [0.5, 0.6) is 0 Å². The lowest BCUT2D eigenvalue weighted by Gasteiger charge is -2.09. The summed E-state index contributed by atoms with van der Waals surface area (Å²) < 4.78 is 26.4. The number of rotatable bonds is 4. The van der Waals surface area contributed by atoms with Crippen LogP contribution in [0.15, 0.2) is 18.2 Å². The molecule has 2 atom stereocenters. The minimum Gasteiger partial charge on any atom is -0.481 e. The molecule has 0 aromatic heterocycles. The van der Waals surface area contributed by atoms with Crippen molar-refractivity contribution >= 4 is 5.97 Å². The van der Waals surface area contributed by atoms with Gasteiger partial charge in [0.15, 0.2) is 11.6 Å². The first kappa shape index (κ1) is 12.0. The minimum atomic E-state index is -0.957.